The van der Waals surface area contributed by atoms with E-state index < -0.39 is 0 Å². The maximum Gasteiger partial charge on any atom is 0.322 e. The summed E-state index contributed by atoms with van der Waals surface area (Å²) in [4.78, 5) is 15.4. The standard InChI is InChI=1S/C24H27N3O/c1-16(2)23-22-10-7-13-26(22)21-9-6-5-8-19(21)15-27(23)24(28)25-20-14-17(3)11-12-18(20)4/h5-14,16,23H,15H2,1-4H3,(H,25,28)/t23-/m0/s1. The van der Waals surface area contributed by atoms with Gasteiger partial charge in [-0.2, -0.15) is 0 Å². The maximum absolute atomic E-state index is 13.4. The van der Waals surface area contributed by atoms with Crippen molar-refractivity contribution >= 4 is 11.7 Å². The first-order valence-electron chi connectivity index (χ1n) is 9.86. The van der Waals surface area contributed by atoms with Crippen molar-refractivity contribution in [2.45, 2.75) is 40.3 Å². The lowest BCUT2D eigenvalue weighted by Crippen LogP contribution is -2.39. The molecule has 28 heavy (non-hydrogen) atoms. The summed E-state index contributed by atoms with van der Waals surface area (Å²) < 4.78 is 2.23. The molecule has 4 heteroatoms. The van der Waals surface area contributed by atoms with Crippen LogP contribution in [0.25, 0.3) is 5.69 Å². The molecule has 1 atom stereocenters. The Morgan fingerprint density at radius 3 is 2.64 bits per heavy atom. The number of rotatable bonds is 2. The average molecular weight is 374 g/mol. The predicted octanol–water partition coefficient (Wildman–Crippen LogP) is 5.84. The molecular formula is C24H27N3O. The number of hydrogen-bond acceptors (Lipinski definition) is 1. The SMILES string of the molecule is Cc1ccc(C)c(NC(=O)N2Cc3ccccc3-n3cccc3[C@@H]2C(C)C)c1. The van der Waals surface area contributed by atoms with E-state index in [1.54, 1.807) is 0 Å². The number of carbonyl (C=O) groups excluding carboxylic acids is 1. The number of fused-ring (bicyclic) bond motifs is 3. The molecule has 3 aromatic rings. The summed E-state index contributed by atoms with van der Waals surface area (Å²) in [6.45, 7) is 9.00. The average Bonchev–Trinajstić information content (AvgIpc) is 3.08. The number of aryl methyl sites for hydroxylation is 2. The van der Waals surface area contributed by atoms with E-state index in [2.05, 4.69) is 66.3 Å². The summed E-state index contributed by atoms with van der Waals surface area (Å²) in [5.41, 5.74) is 6.53. The van der Waals surface area contributed by atoms with E-state index in [4.69, 9.17) is 0 Å². The van der Waals surface area contributed by atoms with Crippen LogP contribution >= 0.6 is 0 Å². The number of benzene rings is 2. The van der Waals surface area contributed by atoms with Gasteiger partial charge in [0.1, 0.15) is 0 Å². The van der Waals surface area contributed by atoms with Crippen molar-refractivity contribution in [3.63, 3.8) is 0 Å². The first kappa shape index (κ1) is 18.4. The molecule has 4 rings (SSSR count). The molecule has 4 nitrogen and oxygen atoms in total. The van der Waals surface area contributed by atoms with E-state index in [-0.39, 0.29) is 18.0 Å². The third-order valence-corrected chi connectivity index (χ3v) is 5.54. The fraction of sp³-hybridized carbons (Fsp3) is 0.292. The van der Waals surface area contributed by atoms with Crippen LogP contribution < -0.4 is 5.32 Å². The van der Waals surface area contributed by atoms with Crippen LogP contribution in [0.2, 0.25) is 0 Å². The van der Waals surface area contributed by atoms with Gasteiger partial charge < -0.3 is 14.8 Å². The molecular weight excluding hydrogens is 346 g/mol. The number of urea groups is 1. The van der Waals surface area contributed by atoms with Gasteiger partial charge in [-0.25, -0.2) is 4.79 Å². The Kier molecular flexibility index (Phi) is 4.71. The summed E-state index contributed by atoms with van der Waals surface area (Å²) in [5.74, 6) is 0.285. The zero-order valence-corrected chi connectivity index (χ0v) is 16.9. The second-order valence-electron chi connectivity index (χ2n) is 8.00. The summed E-state index contributed by atoms with van der Waals surface area (Å²) in [6, 6.07) is 18.6. The number of para-hydroxylation sites is 1. The second kappa shape index (κ2) is 7.19. The summed E-state index contributed by atoms with van der Waals surface area (Å²) in [5, 5.41) is 3.16. The Labute approximate surface area is 166 Å². The first-order chi connectivity index (χ1) is 13.5. The molecule has 0 fully saturated rings. The lowest BCUT2D eigenvalue weighted by atomic mass is 9.99. The Bertz CT molecular complexity index is 1020. The summed E-state index contributed by atoms with van der Waals surface area (Å²) in [7, 11) is 0. The van der Waals surface area contributed by atoms with Crippen LogP contribution in [0.15, 0.2) is 60.8 Å². The van der Waals surface area contributed by atoms with Crippen molar-refractivity contribution in [1.82, 2.24) is 9.47 Å². The Balaban J connectivity index is 1.77. The highest BCUT2D eigenvalue weighted by atomic mass is 16.2. The number of nitrogens with one attached hydrogen (secondary N) is 1. The normalized spacial score (nSPS) is 15.8. The molecule has 0 saturated heterocycles. The number of hydrogen-bond donors (Lipinski definition) is 1. The predicted molar refractivity (Wildman–Crippen MR) is 114 cm³/mol. The third kappa shape index (κ3) is 3.19. The molecule has 0 aliphatic carbocycles. The van der Waals surface area contributed by atoms with Gasteiger partial charge in [0.05, 0.1) is 18.3 Å². The highest BCUT2D eigenvalue weighted by molar-refractivity contribution is 5.90. The zero-order valence-electron chi connectivity index (χ0n) is 16.9. The zero-order chi connectivity index (χ0) is 19.8. The van der Waals surface area contributed by atoms with Gasteiger partial charge in [-0.15, -0.1) is 0 Å². The van der Waals surface area contributed by atoms with E-state index in [1.165, 1.54) is 0 Å². The maximum atomic E-state index is 13.4. The van der Waals surface area contributed by atoms with Gasteiger partial charge >= 0.3 is 6.03 Å². The molecule has 0 spiro atoms. The fourth-order valence-corrected chi connectivity index (χ4v) is 4.13. The smallest absolute Gasteiger partial charge is 0.318 e. The van der Waals surface area contributed by atoms with Crippen LogP contribution in [0.3, 0.4) is 0 Å². The molecule has 1 N–H and O–H groups in total. The molecule has 1 aliphatic heterocycles. The number of aromatic nitrogens is 1. The van der Waals surface area contributed by atoms with E-state index in [0.717, 1.165) is 33.8 Å². The molecule has 2 heterocycles. The number of anilines is 1. The van der Waals surface area contributed by atoms with E-state index >= 15 is 0 Å². The van der Waals surface area contributed by atoms with E-state index in [1.807, 2.05) is 36.9 Å². The van der Waals surface area contributed by atoms with Crippen molar-refractivity contribution in [3.05, 3.63) is 83.2 Å². The van der Waals surface area contributed by atoms with Gasteiger partial charge in [0.2, 0.25) is 0 Å². The first-order valence-corrected chi connectivity index (χ1v) is 9.86. The molecule has 0 saturated carbocycles. The topological polar surface area (TPSA) is 37.3 Å². The lowest BCUT2D eigenvalue weighted by Gasteiger charge is -2.33. The van der Waals surface area contributed by atoms with Crippen LogP contribution in [-0.4, -0.2) is 15.5 Å². The van der Waals surface area contributed by atoms with Crippen molar-refractivity contribution in [1.29, 1.82) is 0 Å². The molecule has 2 amide bonds. The molecule has 1 aliphatic rings. The Morgan fingerprint density at radius 1 is 1.07 bits per heavy atom. The molecule has 2 aromatic carbocycles. The van der Waals surface area contributed by atoms with Crippen molar-refractivity contribution in [3.8, 4) is 5.69 Å². The quantitative estimate of drug-likeness (QED) is 0.602. The third-order valence-electron chi connectivity index (χ3n) is 5.54. The highest BCUT2D eigenvalue weighted by Crippen LogP contribution is 2.37. The highest BCUT2D eigenvalue weighted by Gasteiger charge is 2.33. The number of amides is 2. The van der Waals surface area contributed by atoms with Gasteiger partial charge in [0.15, 0.2) is 0 Å². The van der Waals surface area contributed by atoms with Crippen LogP contribution in [0.5, 0.6) is 0 Å². The summed E-state index contributed by atoms with van der Waals surface area (Å²) in [6.07, 6.45) is 2.09. The minimum Gasteiger partial charge on any atom is -0.318 e. The lowest BCUT2D eigenvalue weighted by molar-refractivity contribution is 0.162. The number of carbonyl (C=O) groups is 1. The minimum absolute atomic E-state index is 0.00693. The Morgan fingerprint density at radius 2 is 1.86 bits per heavy atom. The van der Waals surface area contributed by atoms with Gasteiger partial charge in [0.25, 0.3) is 0 Å². The van der Waals surface area contributed by atoms with Crippen LogP contribution in [0, 0.1) is 19.8 Å². The van der Waals surface area contributed by atoms with Crippen LogP contribution in [0.1, 0.15) is 42.3 Å². The minimum atomic E-state index is -0.0585. The monoisotopic (exact) mass is 373 g/mol. The molecule has 1 aromatic heterocycles. The van der Waals surface area contributed by atoms with Gasteiger partial charge in [0, 0.05) is 17.6 Å². The van der Waals surface area contributed by atoms with Crippen molar-refractivity contribution < 1.29 is 4.79 Å². The van der Waals surface area contributed by atoms with Crippen LogP contribution in [0.4, 0.5) is 10.5 Å². The van der Waals surface area contributed by atoms with Crippen molar-refractivity contribution in [2.24, 2.45) is 5.92 Å². The molecule has 0 bridgehead atoms. The summed E-state index contributed by atoms with van der Waals surface area (Å²) >= 11 is 0. The van der Waals surface area contributed by atoms with Gasteiger partial charge in [-0.3, -0.25) is 0 Å². The fourth-order valence-electron chi connectivity index (χ4n) is 4.13. The molecule has 0 unspecified atom stereocenters. The Hall–Kier alpha value is -3.01. The second-order valence-corrected chi connectivity index (χ2v) is 8.00. The van der Waals surface area contributed by atoms with Crippen LogP contribution in [-0.2, 0) is 6.54 Å². The molecule has 144 valence electrons. The van der Waals surface area contributed by atoms with Gasteiger partial charge in [-0.1, -0.05) is 44.2 Å². The largest absolute Gasteiger partial charge is 0.322 e. The molecule has 0 radical (unpaired) electrons. The van der Waals surface area contributed by atoms with E-state index in [9.17, 15) is 4.79 Å². The van der Waals surface area contributed by atoms with Crippen molar-refractivity contribution in [2.75, 3.05) is 5.32 Å². The number of nitrogens with zero attached hydrogens (tertiary/aromatic N) is 2. The van der Waals surface area contributed by atoms with Gasteiger partial charge in [-0.05, 0) is 60.7 Å². The van der Waals surface area contributed by atoms with E-state index in [0.29, 0.717) is 6.54 Å².